The molecule has 8 nitrogen and oxygen atoms in total. The molecular formula is C28H31ClF2N4O4. The highest BCUT2D eigenvalue weighted by Gasteiger charge is 2.48. The van der Waals surface area contributed by atoms with Crippen molar-refractivity contribution >= 4 is 34.5 Å². The van der Waals surface area contributed by atoms with Crippen molar-refractivity contribution in [2.24, 2.45) is 5.92 Å². The number of imidazole rings is 1. The Morgan fingerprint density at radius 2 is 1.74 bits per heavy atom. The minimum absolute atomic E-state index is 0.160. The lowest BCUT2D eigenvalue weighted by Crippen LogP contribution is -2.58. The van der Waals surface area contributed by atoms with E-state index in [1.54, 1.807) is 12.1 Å². The van der Waals surface area contributed by atoms with Crippen LogP contribution in [0.15, 0.2) is 24.3 Å². The molecule has 0 unspecified atom stereocenters. The van der Waals surface area contributed by atoms with Crippen molar-refractivity contribution < 1.29 is 28.2 Å². The molecule has 2 aromatic heterocycles. The molecular weight excluding hydrogens is 530 g/mol. The summed E-state index contributed by atoms with van der Waals surface area (Å²) in [7, 11) is 1.45. The van der Waals surface area contributed by atoms with Crippen molar-refractivity contribution in [2.75, 3.05) is 7.11 Å². The maximum atomic E-state index is 14.8. The van der Waals surface area contributed by atoms with Crippen LogP contribution >= 0.6 is 11.6 Å². The Morgan fingerprint density at radius 1 is 1.08 bits per heavy atom. The lowest BCUT2D eigenvalue weighted by Gasteiger charge is -2.52. The molecule has 0 atom stereocenters. The summed E-state index contributed by atoms with van der Waals surface area (Å²) in [5, 5.41) is 9.75. The van der Waals surface area contributed by atoms with Crippen LogP contribution < -0.4 is 4.74 Å². The first-order valence-electron chi connectivity index (χ1n) is 13.3. The van der Waals surface area contributed by atoms with Crippen molar-refractivity contribution in [1.29, 1.82) is 0 Å². The van der Waals surface area contributed by atoms with Gasteiger partial charge < -0.3 is 14.7 Å². The van der Waals surface area contributed by atoms with E-state index >= 15 is 0 Å². The Hall–Kier alpha value is -3.27. The van der Waals surface area contributed by atoms with E-state index in [-0.39, 0.29) is 28.5 Å². The molecule has 3 aromatic rings. The normalized spacial score (nSPS) is 21.1. The summed E-state index contributed by atoms with van der Waals surface area (Å²) in [6, 6.07) is 5.27. The van der Waals surface area contributed by atoms with E-state index < -0.39 is 29.2 Å². The third kappa shape index (κ3) is 4.83. The molecule has 0 radical (unpaired) electrons. The van der Waals surface area contributed by atoms with Gasteiger partial charge in [0.1, 0.15) is 16.6 Å². The van der Waals surface area contributed by atoms with Gasteiger partial charge in [0.2, 0.25) is 11.8 Å². The highest BCUT2D eigenvalue weighted by Crippen LogP contribution is 2.47. The van der Waals surface area contributed by atoms with Crippen LogP contribution in [0, 0.1) is 17.6 Å². The van der Waals surface area contributed by atoms with Gasteiger partial charge in [-0.05, 0) is 63.5 Å². The first kappa shape index (κ1) is 27.3. The number of ether oxygens (including phenoxy) is 1. The second-order valence-corrected chi connectivity index (χ2v) is 10.9. The minimum atomic E-state index is -1.02. The van der Waals surface area contributed by atoms with E-state index in [1.165, 1.54) is 14.0 Å². The van der Waals surface area contributed by atoms with Gasteiger partial charge in [-0.25, -0.2) is 18.7 Å². The topological polar surface area (TPSA) is 97.6 Å². The van der Waals surface area contributed by atoms with Gasteiger partial charge in [-0.1, -0.05) is 18.0 Å². The van der Waals surface area contributed by atoms with E-state index in [0.29, 0.717) is 55.4 Å². The largest absolute Gasteiger partial charge is 0.481 e. The third-order valence-electron chi connectivity index (χ3n) is 8.23. The number of carbonyl (C=O) groups is 2. The number of aliphatic carboxylic acids is 1. The van der Waals surface area contributed by atoms with Crippen molar-refractivity contribution in [3.63, 3.8) is 0 Å². The number of pyridine rings is 1. The van der Waals surface area contributed by atoms with Gasteiger partial charge in [-0.15, -0.1) is 0 Å². The van der Waals surface area contributed by atoms with Gasteiger partial charge in [0.05, 0.1) is 29.6 Å². The zero-order valence-electron chi connectivity index (χ0n) is 21.9. The average molecular weight is 561 g/mol. The number of benzene rings is 1. The van der Waals surface area contributed by atoms with Gasteiger partial charge in [0.15, 0.2) is 11.6 Å². The summed E-state index contributed by atoms with van der Waals surface area (Å²) >= 11 is 6.13. The van der Waals surface area contributed by atoms with Crippen LogP contribution in [0.4, 0.5) is 8.78 Å². The van der Waals surface area contributed by atoms with Crippen molar-refractivity contribution in [3.05, 3.63) is 41.1 Å². The highest BCUT2D eigenvalue weighted by molar-refractivity contribution is 6.29. The fourth-order valence-corrected chi connectivity index (χ4v) is 6.72. The number of aromatic nitrogens is 3. The number of hydrogen-bond donors (Lipinski definition) is 1. The molecule has 208 valence electrons. The quantitative estimate of drug-likeness (QED) is 0.363. The molecule has 1 amide bonds. The molecule has 0 bridgehead atoms. The van der Waals surface area contributed by atoms with Gasteiger partial charge in [0, 0.05) is 25.1 Å². The van der Waals surface area contributed by atoms with Crippen LogP contribution in [-0.4, -0.2) is 49.6 Å². The van der Waals surface area contributed by atoms with Gasteiger partial charge in [0.25, 0.3) is 0 Å². The minimum Gasteiger partial charge on any atom is -0.481 e. The van der Waals surface area contributed by atoms with Crippen LogP contribution in [-0.2, 0) is 15.3 Å². The molecule has 2 aliphatic rings. The summed E-state index contributed by atoms with van der Waals surface area (Å²) in [5.74, 6) is -2.90. The molecule has 5 rings (SSSR count). The van der Waals surface area contributed by atoms with Crippen molar-refractivity contribution in [1.82, 2.24) is 19.4 Å². The van der Waals surface area contributed by atoms with Crippen LogP contribution in [0.1, 0.15) is 64.7 Å². The second kappa shape index (κ2) is 10.7. The number of carbonyl (C=O) groups excluding carboxylic acids is 1. The van der Waals surface area contributed by atoms with E-state index in [1.807, 2.05) is 9.47 Å². The number of nitrogens with zero attached hydrogens (tertiary/aromatic N) is 4. The lowest BCUT2D eigenvalue weighted by molar-refractivity contribution is -0.151. The highest BCUT2D eigenvalue weighted by atomic mass is 35.5. The Labute approximate surface area is 229 Å². The van der Waals surface area contributed by atoms with E-state index in [2.05, 4.69) is 4.98 Å². The number of carboxylic acid groups (broad SMARTS) is 1. The molecule has 2 saturated carbocycles. The average Bonchev–Trinajstić information content (AvgIpc) is 3.27. The van der Waals surface area contributed by atoms with Crippen LogP contribution in [0.5, 0.6) is 5.88 Å². The van der Waals surface area contributed by atoms with Gasteiger partial charge >= 0.3 is 5.97 Å². The van der Waals surface area contributed by atoms with E-state index in [4.69, 9.17) is 21.3 Å². The van der Waals surface area contributed by atoms with E-state index in [9.17, 15) is 23.5 Å². The monoisotopic (exact) mass is 560 g/mol. The molecule has 0 spiro atoms. The molecule has 1 N–H and O–H groups in total. The Balaban J connectivity index is 1.77. The van der Waals surface area contributed by atoms with Crippen LogP contribution in [0.3, 0.4) is 0 Å². The predicted octanol–water partition coefficient (Wildman–Crippen LogP) is 6.15. The van der Waals surface area contributed by atoms with Crippen LogP contribution in [0.25, 0.3) is 22.4 Å². The summed E-state index contributed by atoms with van der Waals surface area (Å²) in [6.07, 6.45) is 5.75. The fraction of sp³-hybridized carbons (Fsp3) is 0.500. The number of carboxylic acids is 1. The number of methoxy groups -OCH3 is 1. The Morgan fingerprint density at radius 3 is 2.36 bits per heavy atom. The summed E-state index contributed by atoms with van der Waals surface area (Å²) in [6.45, 7) is 1.52. The number of fused-ring (bicyclic) bond motifs is 1. The predicted molar refractivity (Wildman–Crippen MR) is 141 cm³/mol. The fourth-order valence-electron chi connectivity index (χ4n) is 6.58. The zero-order valence-corrected chi connectivity index (χ0v) is 22.7. The first-order chi connectivity index (χ1) is 18.7. The summed E-state index contributed by atoms with van der Waals surface area (Å²) < 4.78 is 36.6. The number of amides is 1. The third-order valence-corrected chi connectivity index (χ3v) is 8.44. The molecule has 0 aliphatic heterocycles. The number of hydrogen-bond acceptors (Lipinski definition) is 5. The molecule has 2 fully saturated rings. The van der Waals surface area contributed by atoms with Gasteiger partial charge in [-0.2, -0.15) is 0 Å². The summed E-state index contributed by atoms with van der Waals surface area (Å²) in [5.41, 5.74) is 0.128. The molecule has 39 heavy (non-hydrogen) atoms. The number of halogens is 3. The Kier molecular flexibility index (Phi) is 7.50. The lowest BCUT2D eigenvalue weighted by atomic mass is 9.80. The standard InChI is InChI=1S/C28H31ClF2N4O4/c1-16(36)34(18-8-6-17(7-9-18)27(37)38)28(12-4-3-5-13-28)35-23-15-21(31)20(30)14-22(23)32-25(35)19-10-11-24(29)33-26(19)39-2/h10-11,14-15,17-18H,3-9,12-13H2,1-2H3,(H,37,38). The molecule has 2 heterocycles. The van der Waals surface area contributed by atoms with Crippen molar-refractivity contribution in [3.8, 4) is 17.3 Å². The maximum Gasteiger partial charge on any atom is 0.306 e. The van der Waals surface area contributed by atoms with Crippen molar-refractivity contribution in [2.45, 2.75) is 76.4 Å². The molecule has 2 aliphatic carbocycles. The van der Waals surface area contributed by atoms with Gasteiger partial charge in [-0.3, -0.25) is 14.2 Å². The van der Waals surface area contributed by atoms with Crippen LogP contribution in [0.2, 0.25) is 5.15 Å². The first-order valence-corrected chi connectivity index (χ1v) is 13.7. The summed E-state index contributed by atoms with van der Waals surface area (Å²) in [4.78, 5) is 36.0. The number of rotatable bonds is 6. The van der Waals surface area contributed by atoms with E-state index in [0.717, 1.165) is 31.4 Å². The molecule has 11 heteroatoms. The SMILES string of the molecule is COc1nc(Cl)ccc1-c1nc2cc(F)c(F)cc2n1C1(N(C(C)=O)C2CCC(C(=O)O)CC2)CCCCC1. The zero-order chi connectivity index (χ0) is 27.9. The Bertz CT molecular complexity index is 1410. The molecule has 1 aromatic carbocycles. The molecule has 0 saturated heterocycles. The smallest absolute Gasteiger partial charge is 0.306 e. The second-order valence-electron chi connectivity index (χ2n) is 10.5. The maximum absolute atomic E-state index is 14.8.